The van der Waals surface area contributed by atoms with Gasteiger partial charge in [0.05, 0.1) is 11.6 Å². The van der Waals surface area contributed by atoms with Crippen molar-refractivity contribution in [1.82, 2.24) is 9.97 Å². The molecule has 0 aliphatic heterocycles. The summed E-state index contributed by atoms with van der Waals surface area (Å²) in [6.07, 6.45) is 3.25. The molecule has 1 heterocycles. The molecular weight excluding hydrogens is 342 g/mol. The predicted octanol–water partition coefficient (Wildman–Crippen LogP) is 4.89. The number of hydrogen-bond donors (Lipinski definition) is 0. The van der Waals surface area contributed by atoms with E-state index in [1.807, 2.05) is 36.5 Å². The van der Waals surface area contributed by atoms with Gasteiger partial charge in [0, 0.05) is 30.6 Å². The third-order valence-corrected chi connectivity index (χ3v) is 4.79. The van der Waals surface area contributed by atoms with E-state index in [0.29, 0.717) is 17.9 Å². The molecule has 0 saturated heterocycles. The Morgan fingerprint density at radius 2 is 1.65 bits per heavy atom. The predicted molar refractivity (Wildman–Crippen MR) is 104 cm³/mol. The van der Waals surface area contributed by atoms with E-state index in [1.165, 1.54) is 16.7 Å². The monoisotopic (exact) mass is 361 g/mol. The van der Waals surface area contributed by atoms with Gasteiger partial charge in [-0.3, -0.25) is 0 Å². The van der Waals surface area contributed by atoms with Gasteiger partial charge in [-0.2, -0.15) is 5.26 Å². The molecule has 0 bridgehead atoms. The van der Waals surface area contributed by atoms with Crippen LogP contribution in [-0.4, -0.2) is 9.97 Å². The van der Waals surface area contributed by atoms with Crippen LogP contribution >= 0.6 is 11.6 Å². The molecule has 0 unspecified atom stereocenters. The van der Waals surface area contributed by atoms with Crippen molar-refractivity contribution in [3.05, 3.63) is 93.6 Å². The number of nitrogens with zero attached hydrogens (tertiary/aromatic N) is 3. The maximum absolute atomic E-state index is 8.89. The highest BCUT2D eigenvalue weighted by Crippen LogP contribution is 2.21. The summed E-state index contributed by atoms with van der Waals surface area (Å²) in [5, 5.41) is 8.89. The molecule has 0 amide bonds. The molecule has 0 aliphatic rings. The van der Waals surface area contributed by atoms with Gasteiger partial charge in [-0.25, -0.2) is 9.97 Å². The van der Waals surface area contributed by atoms with Crippen LogP contribution < -0.4 is 0 Å². The number of alkyl halides is 1. The first-order valence-corrected chi connectivity index (χ1v) is 9.07. The van der Waals surface area contributed by atoms with Crippen LogP contribution in [0.5, 0.6) is 0 Å². The van der Waals surface area contributed by atoms with Crippen molar-refractivity contribution in [2.75, 3.05) is 0 Å². The Bertz CT molecular complexity index is 933. The van der Waals surface area contributed by atoms with Gasteiger partial charge in [0.2, 0.25) is 0 Å². The zero-order valence-corrected chi connectivity index (χ0v) is 15.7. The van der Waals surface area contributed by atoms with Crippen LogP contribution in [0.2, 0.25) is 0 Å². The summed E-state index contributed by atoms with van der Waals surface area (Å²) < 4.78 is 0. The fourth-order valence-electron chi connectivity index (χ4n) is 3.12. The lowest BCUT2D eigenvalue weighted by Crippen LogP contribution is -2.03. The Labute approximate surface area is 159 Å². The third kappa shape index (κ3) is 4.28. The van der Waals surface area contributed by atoms with Gasteiger partial charge in [-0.1, -0.05) is 24.3 Å². The molecular formula is C22H20ClN3. The molecule has 0 N–H and O–H groups in total. The molecule has 4 heteroatoms. The van der Waals surface area contributed by atoms with Gasteiger partial charge in [-0.05, 0) is 59.9 Å². The van der Waals surface area contributed by atoms with E-state index < -0.39 is 0 Å². The highest BCUT2D eigenvalue weighted by atomic mass is 35.5. The van der Waals surface area contributed by atoms with Crippen molar-refractivity contribution in [3.8, 4) is 6.07 Å². The van der Waals surface area contributed by atoms with E-state index in [2.05, 4.69) is 37.0 Å². The SMILES string of the molecule is Cc1cc(CCl)cc(C)c1Cc1ccnc(Cc2ccc(C#N)cc2)n1. The average molecular weight is 362 g/mol. The zero-order valence-electron chi connectivity index (χ0n) is 15.0. The number of halogens is 1. The van der Waals surface area contributed by atoms with E-state index >= 15 is 0 Å². The fourth-order valence-corrected chi connectivity index (χ4v) is 3.28. The number of aromatic nitrogens is 2. The first-order chi connectivity index (χ1) is 12.6. The van der Waals surface area contributed by atoms with Crippen LogP contribution in [0.3, 0.4) is 0 Å². The van der Waals surface area contributed by atoms with E-state index in [-0.39, 0.29) is 0 Å². The number of aryl methyl sites for hydroxylation is 2. The maximum atomic E-state index is 8.89. The van der Waals surface area contributed by atoms with Crippen LogP contribution in [0.4, 0.5) is 0 Å². The second kappa shape index (κ2) is 8.12. The van der Waals surface area contributed by atoms with Crippen LogP contribution in [0.1, 0.15) is 44.9 Å². The van der Waals surface area contributed by atoms with Crippen molar-refractivity contribution in [3.63, 3.8) is 0 Å². The van der Waals surface area contributed by atoms with Crippen LogP contribution in [0.25, 0.3) is 0 Å². The lowest BCUT2D eigenvalue weighted by Gasteiger charge is -2.12. The van der Waals surface area contributed by atoms with Crippen molar-refractivity contribution >= 4 is 11.6 Å². The quantitative estimate of drug-likeness (QED) is 0.608. The van der Waals surface area contributed by atoms with Crippen molar-refractivity contribution < 1.29 is 0 Å². The van der Waals surface area contributed by atoms with Crippen LogP contribution in [-0.2, 0) is 18.7 Å². The Morgan fingerprint density at radius 3 is 2.27 bits per heavy atom. The number of hydrogen-bond acceptors (Lipinski definition) is 3. The summed E-state index contributed by atoms with van der Waals surface area (Å²) in [6.45, 7) is 4.24. The molecule has 0 radical (unpaired) electrons. The number of rotatable bonds is 5. The lowest BCUT2D eigenvalue weighted by atomic mass is 9.96. The van der Waals surface area contributed by atoms with Crippen LogP contribution in [0, 0.1) is 25.2 Å². The molecule has 3 nitrogen and oxygen atoms in total. The smallest absolute Gasteiger partial charge is 0.132 e. The Morgan fingerprint density at radius 1 is 0.962 bits per heavy atom. The normalized spacial score (nSPS) is 10.5. The lowest BCUT2D eigenvalue weighted by molar-refractivity contribution is 0.911. The van der Waals surface area contributed by atoms with Gasteiger partial charge in [0.15, 0.2) is 0 Å². The third-order valence-electron chi connectivity index (χ3n) is 4.48. The van der Waals surface area contributed by atoms with Gasteiger partial charge in [0.1, 0.15) is 5.82 Å². The topological polar surface area (TPSA) is 49.6 Å². The molecule has 0 atom stereocenters. The second-order valence-corrected chi connectivity index (χ2v) is 6.74. The van der Waals surface area contributed by atoms with Gasteiger partial charge < -0.3 is 0 Å². The minimum atomic E-state index is 0.532. The first kappa shape index (κ1) is 18.1. The molecule has 1 aromatic heterocycles. The first-order valence-electron chi connectivity index (χ1n) is 8.54. The summed E-state index contributed by atoms with van der Waals surface area (Å²) in [7, 11) is 0. The zero-order chi connectivity index (χ0) is 18.5. The summed E-state index contributed by atoms with van der Waals surface area (Å²) in [6, 6.07) is 15.9. The van der Waals surface area contributed by atoms with E-state index in [4.69, 9.17) is 21.8 Å². The highest BCUT2D eigenvalue weighted by Gasteiger charge is 2.08. The second-order valence-electron chi connectivity index (χ2n) is 6.47. The molecule has 26 heavy (non-hydrogen) atoms. The summed E-state index contributed by atoms with van der Waals surface area (Å²) in [4.78, 5) is 9.13. The maximum Gasteiger partial charge on any atom is 0.132 e. The van der Waals surface area contributed by atoms with Gasteiger partial charge in [-0.15, -0.1) is 11.6 Å². The van der Waals surface area contributed by atoms with E-state index in [0.717, 1.165) is 29.1 Å². The molecule has 0 spiro atoms. The van der Waals surface area contributed by atoms with Crippen molar-refractivity contribution in [2.24, 2.45) is 0 Å². The Balaban J connectivity index is 1.80. The minimum Gasteiger partial charge on any atom is -0.241 e. The molecule has 2 aromatic carbocycles. The van der Waals surface area contributed by atoms with Gasteiger partial charge in [0.25, 0.3) is 0 Å². The average Bonchev–Trinajstić information content (AvgIpc) is 2.65. The molecule has 130 valence electrons. The molecule has 3 aromatic rings. The largest absolute Gasteiger partial charge is 0.241 e. The number of nitriles is 1. The van der Waals surface area contributed by atoms with E-state index in [1.54, 1.807) is 0 Å². The van der Waals surface area contributed by atoms with Crippen molar-refractivity contribution in [1.29, 1.82) is 5.26 Å². The Hall–Kier alpha value is -2.70. The van der Waals surface area contributed by atoms with Crippen molar-refractivity contribution in [2.45, 2.75) is 32.6 Å². The summed E-state index contributed by atoms with van der Waals surface area (Å²) in [5.41, 5.74) is 7.69. The van der Waals surface area contributed by atoms with Gasteiger partial charge >= 0.3 is 0 Å². The summed E-state index contributed by atoms with van der Waals surface area (Å²) >= 11 is 5.96. The molecule has 3 rings (SSSR count). The standard InChI is InChI=1S/C22H20ClN3/c1-15-9-19(13-23)10-16(2)21(15)12-20-7-8-25-22(26-20)11-17-3-5-18(14-24)6-4-17/h3-10H,11-13H2,1-2H3. The Kier molecular flexibility index (Phi) is 5.65. The molecule has 0 fully saturated rings. The summed E-state index contributed by atoms with van der Waals surface area (Å²) in [5.74, 6) is 1.32. The minimum absolute atomic E-state index is 0.532. The highest BCUT2D eigenvalue weighted by molar-refractivity contribution is 6.17. The fraction of sp³-hybridized carbons (Fsp3) is 0.227. The van der Waals surface area contributed by atoms with E-state index in [9.17, 15) is 0 Å². The number of benzene rings is 2. The molecule has 0 saturated carbocycles. The molecule has 0 aliphatic carbocycles. The van der Waals surface area contributed by atoms with Crippen LogP contribution in [0.15, 0.2) is 48.7 Å².